The van der Waals surface area contributed by atoms with Crippen LogP contribution in [0.2, 0.25) is 0 Å². The Morgan fingerprint density at radius 2 is 1.79 bits per heavy atom. The maximum atomic E-state index is 10.2. The average Bonchev–Trinajstić information content (AvgIpc) is 3.03. The number of ether oxygens (including phenoxy) is 1. The smallest absolute Gasteiger partial charge is 0.0900 e. The van der Waals surface area contributed by atoms with Crippen molar-refractivity contribution in [3.05, 3.63) is 66.2 Å². The van der Waals surface area contributed by atoms with Crippen molar-refractivity contribution in [2.75, 3.05) is 31.6 Å². The van der Waals surface area contributed by atoms with E-state index in [2.05, 4.69) is 22.3 Å². The molecule has 1 saturated heterocycles. The van der Waals surface area contributed by atoms with Crippen LogP contribution in [0.5, 0.6) is 0 Å². The minimum Gasteiger partial charge on any atom is -0.389 e. The summed E-state index contributed by atoms with van der Waals surface area (Å²) in [4.78, 5) is 2.30. The van der Waals surface area contributed by atoms with Crippen LogP contribution in [-0.2, 0) is 11.3 Å². The topological polar surface area (TPSA) is 44.7 Å². The van der Waals surface area contributed by atoms with Crippen LogP contribution in [0.25, 0.3) is 0 Å². The molecule has 1 fully saturated rings. The van der Waals surface area contributed by atoms with E-state index in [0.29, 0.717) is 25.8 Å². The molecular formula is C20H26N2O2. The number of benzene rings is 2. The van der Waals surface area contributed by atoms with E-state index in [9.17, 15) is 5.11 Å². The lowest BCUT2D eigenvalue weighted by atomic mass is 10.2. The van der Waals surface area contributed by atoms with Gasteiger partial charge in [0.15, 0.2) is 0 Å². The predicted octanol–water partition coefficient (Wildman–Crippen LogP) is 2.75. The second-order valence-electron chi connectivity index (χ2n) is 6.41. The number of nitrogens with zero attached hydrogens (tertiary/aromatic N) is 1. The van der Waals surface area contributed by atoms with Crippen LogP contribution >= 0.6 is 0 Å². The first kappa shape index (κ1) is 17.0. The van der Waals surface area contributed by atoms with Crippen LogP contribution in [0, 0.1) is 0 Å². The summed E-state index contributed by atoms with van der Waals surface area (Å²) in [6.45, 7) is 3.57. The third kappa shape index (κ3) is 5.34. The molecule has 2 aromatic carbocycles. The molecule has 0 bridgehead atoms. The van der Waals surface area contributed by atoms with Crippen molar-refractivity contribution in [1.29, 1.82) is 0 Å². The van der Waals surface area contributed by atoms with Crippen molar-refractivity contribution in [3.63, 3.8) is 0 Å². The normalized spacial score (nSPS) is 19.3. The van der Waals surface area contributed by atoms with Gasteiger partial charge in [0, 0.05) is 31.4 Å². The third-order valence-corrected chi connectivity index (χ3v) is 4.31. The maximum absolute atomic E-state index is 10.2. The van der Waals surface area contributed by atoms with Crippen molar-refractivity contribution in [2.24, 2.45) is 0 Å². The van der Waals surface area contributed by atoms with E-state index in [1.165, 1.54) is 0 Å². The van der Waals surface area contributed by atoms with Crippen LogP contribution in [0.1, 0.15) is 12.0 Å². The monoisotopic (exact) mass is 326 g/mol. The third-order valence-electron chi connectivity index (χ3n) is 4.31. The summed E-state index contributed by atoms with van der Waals surface area (Å²) >= 11 is 0. The van der Waals surface area contributed by atoms with Gasteiger partial charge in [-0.2, -0.15) is 0 Å². The molecule has 1 aliphatic rings. The molecule has 4 nitrogen and oxygen atoms in total. The van der Waals surface area contributed by atoms with Gasteiger partial charge in [-0.15, -0.1) is 0 Å². The van der Waals surface area contributed by atoms with E-state index in [-0.39, 0.29) is 0 Å². The van der Waals surface area contributed by atoms with Crippen LogP contribution in [0.15, 0.2) is 60.7 Å². The predicted molar refractivity (Wildman–Crippen MR) is 97.0 cm³/mol. The second-order valence-corrected chi connectivity index (χ2v) is 6.41. The van der Waals surface area contributed by atoms with E-state index < -0.39 is 6.10 Å². The standard InChI is InChI=1S/C20H26N2O2/c23-20(16-24-15-17-7-3-1-4-8-17)14-22-12-11-19(13-22)21-18-9-5-2-6-10-18/h1-10,19-21,23H,11-16H2/t19-,20+/m0/s1. The van der Waals surface area contributed by atoms with Crippen molar-refractivity contribution in [3.8, 4) is 0 Å². The summed E-state index contributed by atoms with van der Waals surface area (Å²) in [7, 11) is 0. The second kappa shape index (κ2) is 8.83. The molecule has 4 heteroatoms. The molecule has 0 saturated carbocycles. The van der Waals surface area contributed by atoms with Gasteiger partial charge >= 0.3 is 0 Å². The van der Waals surface area contributed by atoms with E-state index in [1.807, 2.05) is 48.5 Å². The highest BCUT2D eigenvalue weighted by atomic mass is 16.5. The van der Waals surface area contributed by atoms with E-state index in [4.69, 9.17) is 4.74 Å². The van der Waals surface area contributed by atoms with E-state index in [1.54, 1.807) is 0 Å². The molecule has 0 amide bonds. The molecule has 24 heavy (non-hydrogen) atoms. The first-order chi connectivity index (χ1) is 11.8. The summed E-state index contributed by atoms with van der Waals surface area (Å²) in [6, 6.07) is 20.8. The van der Waals surface area contributed by atoms with Crippen molar-refractivity contribution in [2.45, 2.75) is 25.2 Å². The highest BCUT2D eigenvalue weighted by Crippen LogP contribution is 2.16. The highest BCUT2D eigenvalue weighted by Gasteiger charge is 2.23. The largest absolute Gasteiger partial charge is 0.389 e. The minimum atomic E-state index is -0.441. The van der Waals surface area contributed by atoms with E-state index in [0.717, 1.165) is 30.8 Å². The molecule has 0 spiro atoms. The summed E-state index contributed by atoms with van der Waals surface area (Å²) in [6.07, 6.45) is 0.663. The van der Waals surface area contributed by atoms with Gasteiger partial charge in [0.1, 0.15) is 0 Å². The zero-order chi connectivity index (χ0) is 16.6. The molecule has 0 aliphatic carbocycles. The van der Waals surface area contributed by atoms with Gasteiger partial charge in [0.2, 0.25) is 0 Å². The lowest BCUT2D eigenvalue weighted by Gasteiger charge is -2.20. The molecule has 2 atom stereocenters. The number of rotatable bonds is 8. The Morgan fingerprint density at radius 1 is 1.08 bits per heavy atom. The number of hydrogen-bond acceptors (Lipinski definition) is 4. The molecule has 0 unspecified atom stereocenters. The van der Waals surface area contributed by atoms with Gasteiger partial charge in [0.25, 0.3) is 0 Å². The van der Waals surface area contributed by atoms with Crippen LogP contribution in [0.4, 0.5) is 5.69 Å². The minimum absolute atomic E-state index is 0.377. The zero-order valence-electron chi connectivity index (χ0n) is 14.0. The fraction of sp³-hybridized carbons (Fsp3) is 0.400. The van der Waals surface area contributed by atoms with Crippen molar-refractivity contribution in [1.82, 2.24) is 4.90 Å². The van der Waals surface area contributed by atoms with Gasteiger partial charge in [-0.3, -0.25) is 4.90 Å². The number of aliphatic hydroxyl groups is 1. The van der Waals surface area contributed by atoms with Gasteiger partial charge in [-0.05, 0) is 24.1 Å². The molecule has 0 radical (unpaired) electrons. The Hall–Kier alpha value is -1.88. The Bertz CT molecular complexity index is 591. The van der Waals surface area contributed by atoms with Crippen LogP contribution in [-0.4, -0.2) is 48.4 Å². The summed E-state index contributed by atoms with van der Waals surface area (Å²) < 4.78 is 5.62. The molecular weight excluding hydrogens is 300 g/mol. The number of para-hydroxylation sites is 1. The molecule has 3 rings (SSSR count). The molecule has 128 valence electrons. The van der Waals surface area contributed by atoms with Crippen molar-refractivity contribution < 1.29 is 9.84 Å². The Balaban J connectivity index is 1.34. The average molecular weight is 326 g/mol. The lowest BCUT2D eigenvalue weighted by Crippen LogP contribution is -2.35. The molecule has 2 N–H and O–H groups in total. The summed E-state index contributed by atoms with van der Waals surface area (Å²) in [5, 5.41) is 13.7. The number of anilines is 1. The quantitative estimate of drug-likeness (QED) is 0.783. The molecule has 1 aliphatic heterocycles. The summed E-state index contributed by atoms with van der Waals surface area (Å²) in [5.41, 5.74) is 2.30. The summed E-state index contributed by atoms with van der Waals surface area (Å²) in [5.74, 6) is 0. The lowest BCUT2D eigenvalue weighted by molar-refractivity contribution is 0.0133. The first-order valence-corrected chi connectivity index (χ1v) is 8.63. The number of hydrogen-bond donors (Lipinski definition) is 2. The fourth-order valence-corrected chi connectivity index (χ4v) is 3.12. The molecule has 0 aromatic heterocycles. The maximum Gasteiger partial charge on any atom is 0.0900 e. The SMILES string of the molecule is O[C@@H](COCc1ccccc1)CN1CC[C@H](Nc2ccccc2)C1. The number of likely N-dealkylation sites (tertiary alicyclic amines) is 1. The number of β-amino-alcohol motifs (C(OH)–C–C–N with tert-alkyl or cyclic N) is 1. The number of aliphatic hydroxyl groups excluding tert-OH is 1. The fourth-order valence-electron chi connectivity index (χ4n) is 3.12. The van der Waals surface area contributed by atoms with Gasteiger partial charge in [0.05, 0.1) is 19.3 Å². The van der Waals surface area contributed by atoms with Crippen LogP contribution in [0.3, 0.4) is 0 Å². The van der Waals surface area contributed by atoms with Gasteiger partial charge in [-0.25, -0.2) is 0 Å². The molecule has 1 heterocycles. The Labute approximate surface area is 144 Å². The van der Waals surface area contributed by atoms with Gasteiger partial charge < -0.3 is 15.2 Å². The first-order valence-electron chi connectivity index (χ1n) is 8.63. The highest BCUT2D eigenvalue weighted by molar-refractivity contribution is 5.43. The van der Waals surface area contributed by atoms with Crippen LogP contribution < -0.4 is 5.32 Å². The Morgan fingerprint density at radius 3 is 2.54 bits per heavy atom. The zero-order valence-corrected chi connectivity index (χ0v) is 14.0. The Kier molecular flexibility index (Phi) is 6.24. The van der Waals surface area contributed by atoms with E-state index >= 15 is 0 Å². The van der Waals surface area contributed by atoms with Crippen molar-refractivity contribution >= 4 is 5.69 Å². The number of nitrogens with one attached hydrogen (secondary N) is 1. The molecule has 2 aromatic rings. The van der Waals surface area contributed by atoms with Gasteiger partial charge in [-0.1, -0.05) is 48.5 Å².